The van der Waals surface area contributed by atoms with Crippen molar-refractivity contribution < 1.29 is 0 Å². The molecular formula is C18H25NS2. The van der Waals surface area contributed by atoms with E-state index in [0.717, 1.165) is 13.1 Å². The van der Waals surface area contributed by atoms with Crippen LogP contribution in [0.5, 0.6) is 0 Å². The van der Waals surface area contributed by atoms with Gasteiger partial charge in [0.25, 0.3) is 0 Å². The fraction of sp³-hybridized carbons (Fsp3) is 0.444. The summed E-state index contributed by atoms with van der Waals surface area (Å²) in [5.74, 6) is 0. The number of hydrogen-bond acceptors (Lipinski definition) is 3. The van der Waals surface area contributed by atoms with Gasteiger partial charge in [-0.3, -0.25) is 0 Å². The van der Waals surface area contributed by atoms with Crippen LogP contribution in [0.25, 0.3) is 0 Å². The number of thioether (sulfide) groups is 1. The van der Waals surface area contributed by atoms with Crippen molar-refractivity contribution >= 4 is 28.8 Å². The van der Waals surface area contributed by atoms with Crippen molar-refractivity contribution in [3.8, 4) is 0 Å². The van der Waals surface area contributed by atoms with Gasteiger partial charge in [-0.15, -0.1) is 23.1 Å². The first-order valence-corrected chi connectivity index (χ1v) is 9.61. The highest BCUT2D eigenvalue weighted by Crippen LogP contribution is 2.38. The second-order valence-corrected chi connectivity index (χ2v) is 7.49. The van der Waals surface area contributed by atoms with E-state index in [4.69, 9.17) is 0 Å². The third-order valence-electron chi connectivity index (χ3n) is 4.14. The van der Waals surface area contributed by atoms with E-state index in [1.807, 2.05) is 23.1 Å². The smallest absolute Gasteiger partial charge is 0.0366 e. The SMILES string of the molecule is CCN(CC)c1ccc(C(C)(C)c2cc(SC)cs2)cc1. The molecule has 0 unspecified atom stereocenters. The van der Waals surface area contributed by atoms with Crippen molar-refractivity contribution in [3.63, 3.8) is 0 Å². The molecule has 21 heavy (non-hydrogen) atoms. The maximum Gasteiger partial charge on any atom is 0.0366 e. The quantitative estimate of drug-likeness (QED) is 0.634. The lowest BCUT2D eigenvalue weighted by Gasteiger charge is -2.26. The lowest BCUT2D eigenvalue weighted by Crippen LogP contribution is -2.22. The summed E-state index contributed by atoms with van der Waals surface area (Å²) in [6.45, 7) is 11.2. The van der Waals surface area contributed by atoms with Gasteiger partial charge in [0.05, 0.1) is 0 Å². The van der Waals surface area contributed by atoms with Crippen LogP contribution in [0.4, 0.5) is 5.69 Å². The van der Waals surface area contributed by atoms with Crippen LogP contribution in [0.1, 0.15) is 38.1 Å². The molecule has 2 aromatic rings. The van der Waals surface area contributed by atoms with Crippen molar-refractivity contribution in [2.75, 3.05) is 24.2 Å². The van der Waals surface area contributed by atoms with E-state index < -0.39 is 0 Å². The molecular weight excluding hydrogens is 294 g/mol. The van der Waals surface area contributed by atoms with Crippen molar-refractivity contribution in [2.45, 2.75) is 38.0 Å². The molecule has 3 heteroatoms. The van der Waals surface area contributed by atoms with E-state index in [1.165, 1.54) is 21.0 Å². The van der Waals surface area contributed by atoms with Gasteiger partial charge >= 0.3 is 0 Å². The Balaban J connectivity index is 2.28. The van der Waals surface area contributed by atoms with Crippen LogP contribution in [0, 0.1) is 0 Å². The normalized spacial score (nSPS) is 11.7. The Kier molecular flexibility index (Phi) is 5.39. The number of anilines is 1. The second-order valence-electron chi connectivity index (χ2n) is 5.69. The summed E-state index contributed by atoms with van der Waals surface area (Å²) >= 11 is 3.68. The van der Waals surface area contributed by atoms with Crippen LogP contribution in [0.3, 0.4) is 0 Å². The predicted octanol–water partition coefficient (Wildman–Crippen LogP) is 5.64. The predicted molar refractivity (Wildman–Crippen MR) is 98.2 cm³/mol. The highest BCUT2D eigenvalue weighted by atomic mass is 32.2. The van der Waals surface area contributed by atoms with Gasteiger partial charge in [-0.25, -0.2) is 0 Å². The third kappa shape index (κ3) is 3.46. The third-order valence-corrected chi connectivity index (χ3v) is 6.25. The van der Waals surface area contributed by atoms with Crippen molar-refractivity contribution in [1.82, 2.24) is 0 Å². The molecule has 0 aliphatic rings. The number of benzene rings is 1. The maximum atomic E-state index is 2.38. The Morgan fingerprint density at radius 2 is 1.71 bits per heavy atom. The molecule has 0 bridgehead atoms. The van der Waals surface area contributed by atoms with Gasteiger partial charge in [-0.05, 0) is 43.9 Å². The van der Waals surface area contributed by atoms with Crippen LogP contribution in [-0.4, -0.2) is 19.3 Å². The monoisotopic (exact) mass is 319 g/mol. The molecule has 1 nitrogen and oxygen atoms in total. The van der Waals surface area contributed by atoms with Gasteiger partial charge < -0.3 is 4.90 Å². The largest absolute Gasteiger partial charge is 0.372 e. The molecule has 0 fully saturated rings. The zero-order valence-corrected chi connectivity index (χ0v) is 15.3. The maximum absolute atomic E-state index is 2.38. The lowest BCUT2D eigenvalue weighted by molar-refractivity contribution is 0.654. The van der Waals surface area contributed by atoms with Gasteiger partial charge in [0.1, 0.15) is 0 Å². The fourth-order valence-corrected chi connectivity index (χ4v) is 4.33. The summed E-state index contributed by atoms with van der Waals surface area (Å²) < 4.78 is 0. The van der Waals surface area contributed by atoms with Gasteiger partial charge in [-0.1, -0.05) is 26.0 Å². The van der Waals surface area contributed by atoms with E-state index >= 15 is 0 Å². The topological polar surface area (TPSA) is 3.24 Å². The van der Waals surface area contributed by atoms with Crippen molar-refractivity contribution in [1.29, 1.82) is 0 Å². The van der Waals surface area contributed by atoms with Crippen LogP contribution in [-0.2, 0) is 5.41 Å². The number of rotatable bonds is 6. The van der Waals surface area contributed by atoms with Crippen molar-refractivity contribution in [3.05, 3.63) is 46.2 Å². The first kappa shape index (κ1) is 16.4. The van der Waals surface area contributed by atoms with E-state index in [0.29, 0.717) is 0 Å². The van der Waals surface area contributed by atoms with Crippen LogP contribution in [0.15, 0.2) is 40.6 Å². The molecule has 114 valence electrons. The molecule has 0 spiro atoms. The first-order valence-electron chi connectivity index (χ1n) is 7.51. The molecule has 0 saturated carbocycles. The summed E-state index contributed by atoms with van der Waals surface area (Å²) in [4.78, 5) is 5.18. The van der Waals surface area contributed by atoms with E-state index in [-0.39, 0.29) is 5.41 Å². The molecule has 1 aromatic heterocycles. The highest BCUT2D eigenvalue weighted by molar-refractivity contribution is 7.98. The lowest BCUT2D eigenvalue weighted by atomic mass is 9.83. The number of thiophene rings is 1. The highest BCUT2D eigenvalue weighted by Gasteiger charge is 2.25. The van der Waals surface area contributed by atoms with Crippen LogP contribution in [0.2, 0.25) is 0 Å². The zero-order chi connectivity index (χ0) is 15.5. The van der Waals surface area contributed by atoms with Crippen LogP contribution >= 0.6 is 23.1 Å². The zero-order valence-electron chi connectivity index (χ0n) is 13.6. The van der Waals surface area contributed by atoms with Gasteiger partial charge in [0, 0.05) is 39.3 Å². The number of hydrogen-bond donors (Lipinski definition) is 0. The Bertz CT molecular complexity index is 565. The first-order chi connectivity index (χ1) is 10.0. The molecule has 0 amide bonds. The molecule has 0 radical (unpaired) electrons. The average Bonchev–Trinajstić information content (AvgIpc) is 2.99. The summed E-state index contributed by atoms with van der Waals surface area (Å²) in [7, 11) is 0. The van der Waals surface area contributed by atoms with E-state index in [1.54, 1.807) is 0 Å². The second kappa shape index (κ2) is 6.89. The molecule has 1 heterocycles. The molecule has 0 saturated heterocycles. The summed E-state index contributed by atoms with van der Waals surface area (Å²) in [5, 5.41) is 2.26. The van der Waals surface area contributed by atoms with Crippen LogP contribution < -0.4 is 4.90 Å². The molecule has 0 aliphatic carbocycles. The minimum atomic E-state index is 0.0699. The van der Waals surface area contributed by atoms with Crippen molar-refractivity contribution in [2.24, 2.45) is 0 Å². The molecule has 1 aromatic carbocycles. The minimum absolute atomic E-state index is 0.0699. The summed E-state index contributed by atoms with van der Waals surface area (Å²) in [6.07, 6.45) is 2.14. The van der Waals surface area contributed by atoms with E-state index in [2.05, 4.69) is 74.6 Å². The molecule has 0 N–H and O–H groups in total. The van der Waals surface area contributed by atoms with Gasteiger partial charge in [0.15, 0.2) is 0 Å². The summed E-state index contributed by atoms with van der Waals surface area (Å²) in [6, 6.07) is 11.4. The summed E-state index contributed by atoms with van der Waals surface area (Å²) in [5.41, 5.74) is 2.77. The fourth-order valence-electron chi connectivity index (χ4n) is 2.57. The molecule has 0 aliphatic heterocycles. The number of nitrogens with zero attached hydrogens (tertiary/aromatic N) is 1. The standard InChI is InChI=1S/C18H25NS2/c1-6-19(7-2)15-10-8-14(9-11-15)18(3,4)17-12-16(20-5)13-21-17/h8-13H,6-7H2,1-5H3. The van der Waals surface area contributed by atoms with E-state index in [9.17, 15) is 0 Å². The molecule has 0 atom stereocenters. The Hall–Kier alpha value is -0.930. The van der Waals surface area contributed by atoms with Gasteiger partial charge in [0.2, 0.25) is 0 Å². The average molecular weight is 320 g/mol. The van der Waals surface area contributed by atoms with Gasteiger partial charge in [-0.2, -0.15) is 0 Å². The Morgan fingerprint density at radius 1 is 1.10 bits per heavy atom. The Morgan fingerprint density at radius 3 is 2.19 bits per heavy atom. The Labute approximate surface area is 137 Å². The minimum Gasteiger partial charge on any atom is -0.372 e. The molecule has 2 rings (SSSR count).